The van der Waals surface area contributed by atoms with Crippen molar-refractivity contribution in [1.29, 1.82) is 0 Å². The van der Waals surface area contributed by atoms with Gasteiger partial charge in [0, 0.05) is 24.2 Å². The van der Waals surface area contributed by atoms with Crippen molar-refractivity contribution in [2.45, 2.75) is 25.8 Å². The molecule has 0 N–H and O–H groups in total. The third-order valence-electron chi connectivity index (χ3n) is 5.33. The standard InChI is InChI=1S/C22H25N3O3/c1-15-7-4-5-9-18(15)21-23-22(28-24-21)17-11-12-25(14-17)13-16-8-6-10-19(26-2)20(16)27-3/h4-10,17H,11-14H2,1-3H3. The van der Waals surface area contributed by atoms with E-state index in [9.17, 15) is 0 Å². The van der Waals surface area contributed by atoms with Crippen molar-refractivity contribution in [3.05, 3.63) is 59.5 Å². The predicted octanol–water partition coefficient (Wildman–Crippen LogP) is 4.05. The van der Waals surface area contributed by atoms with Crippen LogP contribution in [0.15, 0.2) is 47.0 Å². The minimum absolute atomic E-state index is 0.252. The van der Waals surface area contributed by atoms with Crippen molar-refractivity contribution in [2.75, 3.05) is 27.3 Å². The maximum Gasteiger partial charge on any atom is 0.231 e. The van der Waals surface area contributed by atoms with E-state index in [-0.39, 0.29) is 5.92 Å². The number of rotatable bonds is 6. The quantitative estimate of drug-likeness (QED) is 0.644. The van der Waals surface area contributed by atoms with Gasteiger partial charge in [0.2, 0.25) is 11.7 Å². The molecule has 1 aliphatic heterocycles. The van der Waals surface area contributed by atoms with Gasteiger partial charge in [0.25, 0.3) is 0 Å². The molecule has 1 aliphatic rings. The number of nitrogens with zero attached hydrogens (tertiary/aromatic N) is 3. The van der Waals surface area contributed by atoms with Gasteiger partial charge < -0.3 is 14.0 Å². The highest BCUT2D eigenvalue weighted by Gasteiger charge is 2.29. The molecule has 146 valence electrons. The Morgan fingerprint density at radius 3 is 2.75 bits per heavy atom. The minimum Gasteiger partial charge on any atom is -0.493 e. The molecule has 0 saturated carbocycles. The second kappa shape index (κ2) is 8.02. The number of likely N-dealkylation sites (tertiary alicyclic amines) is 1. The third kappa shape index (κ3) is 3.60. The summed E-state index contributed by atoms with van der Waals surface area (Å²) >= 11 is 0. The molecule has 0 radical (unpaired) electrons. The van der Waals surface area contributed by atoms with Crippen molar-refractivity contribution in [3.63, 3.8) is 0 Å². The number of ether oxygens (including phenoxy) is 2. The van der Waals surface area contributed by atoms with Gasteiger partial charge in [0.15, 0.2) is 11.5 Å². The second-order valence-corrected chi connectivity index (χ2v) is 7.14. The van der Waals surface area contributed by atoms with Crippen molar-refractivity contribution < 1.29 is 14.0 Å². The van der Waals surface area contributed by atoms with Gasteiger partial charge in [-0.05, 0) is 31.5 Å². The van der Waals surface area contributed by atoms with E-state index in [1.807, 2.05) is 30.3 Å². The molecule has 0 spiro atoms. The normalized spacial score (nSPS) is 17.0. The van der Waals surface area contributed by atoms with E-state index < -0.39 is 0 Å². The van der Waals surface area contributed by atoms with Gasteiger partial charge in [0.1, 0.15) is 0 Å². The maximum atomic E-state index is 5.61. The van der Waals surface area contributed by atoms with E-state index in [1.165, 1.54) is 0 Å². The average molecular weight is 379 g/mol. The summed E-state index contributed by atoms with van der Waals surface area (Å²) in [4.78, 5) is 7.07. The molecular weight excluding hydrogens is 354 g/mol. The molecule has 6 nitrogen and oxygen atoms in total. The van der Waals surface area contributed by atoms with Crippen LogP contribution in [0.5, 0.6) is 11.5 Å². The molecule has 1 atom stereocenters. The molecule has 0 amide bonds. The van der Waals surface area contributed by atoms with Crippen LogP contribution >= 0.6 is 0 Å². The van der Waals surface area contributed by atoms with E-state index >= 15 is 0 Å². The molecule has 2 heterocycles. The lowest BCUT2D eigenvalue weighted by molar-refractivity contribution is 0.298. The molecule has 1 saturated heterocycles. The van der Waals surface area contributed by atoms with Crippen LogP contribution in [0.1, 0.15) is 29.4 Å². The Kier molecular flexibility index (Phi) is 5.30. The first-order valence-electron chi connectivity index (χ1n) is 9.51. The summed E-state index contributed by atoms with van der Waals surface area (Å²) in [7, 11) is 3.34. The molecule has 0 bridgehead atoms. The molecule has 1 fully saturated rings. The molecule has 1 unspecified atom stereocenters. The van der Waals surface area contributed by atoms with E-state index in [4.69, 9.17) is 14.0 Å². The average Bonchev–Trinajstić information content (AvgIpc) is 3.37. The van der Waals surface area contributed by atoms with Gasteiger partial charge in [0.05, 0.1) is 20.1 Å². The van der Waals surface area contributed by atoms with Crippen LogP contribution in [0.25, 0.3) is 11.4 Å². The first-order chi connectivity index (χ1) is 13.7. The Morgan fingerprint density at radius 1 is 1.11 bits per heavy atom. The largest absolute Gasteiger partial charge is 0.493 e. The van der Waals surface area contributed by atoms with E-state index in [0.29, 0.717) is 5.82 Å². The van der Waals surface area contributed by atoms with Crippen molar-refractivity contribution in [1.82, 2.24) is 15.0 Å². The summed E-state index contributed by atoms with van der Waals surface area (Å²) in [6, 6.07) is 14.1. The van der Waals surface area contributed by atoms with Crippen LogP contribution in [0, 0.1) is 6.92 Å². The number of methoxy groups -OCH3 is 2. The van der Waals surface area contributed by atoms with Crippen LogP contribution < -0.4 is 9.47 Å². The van der Waals surface area contributed by atoms with Gasteiger partial charge in [-0.3, -0.25) is 4.90 Å². The topological polar surface area (TPSA) is 60.6 Å². The van der Waals surface area contributed by atoms with E-state index in [2.05, 4.69) is 34.1 Å². The molecule has 6 heteroatoms. The second-order valence-electron chi connectivity index (χ2n) is 7.14. The lowest BCUT2D eigenvalue weighted by Gasteiger charge is -2.18. The van der Waals surface area contributed by atoms with E-state index in [1.54, 1.807) is 14.2 Å². The smallest absolute Gasteiger partial charge is 0.231 e. The van der Waals surface area contributed by atoms with Crippen molar-refractivity contribution in [3.8, 4) is 22.9 Å². The zero-order valence-corrected chi connectivity index (χ0v) is 16.5. The third-order valence-corrected chi connectivity index (χ3v) is 5.33. The number of hydrogen-bond acceptors (Lipinski definition) is 6. The number of aryl methyl sites for hydroxylation is 1. The van der Waals surface area contributed by atoms with Crippen LogP contribution in [-0.4, -0.2) is 42.3 Å². The van der Waals surface area contributed by atoms with Gasteiger partial charge in [-0.15, -0.1) is 0 Å². The number of aromatic nitrogens is 2. The Balaban J connectivity index is 1.46. The van der Waals surface area contributed by atoms with Crippen LogP contribution in [0.2, 0.25) is 0 Å². The van der Waals surface area contributed by atoms with Gasteiger partial charge in [-0.2, -0.15) is 4.98 Å². The number of benzene rings is 2. The van der Waals surface area contributed by atoms with Crippen LogP contribution in [0.3, 0.4) is 0 Å². The minimum atomic E-state index is 0.252. The first kappa shape index (κ1) is 18.5. The van der Waals surface area contributed by atoms with Gasteiger partial charge in [-0.1, -0.05) is 41.6 Å². The molecule has 3 aromatic rings. The summed E-state index contributed by atoms with van der Waals surface area (Å²) in [6.45, 7) is 4.72. The summed E-state index contributed by atoms with van der Waals surface area (Å²) < 4.78 is 16.6. The summed E-state index contributed by atoms with van der Waals surface area (Å²) in [5, 5.41) is 4.21. The highest BCUT2D eigenvalue weighted by molar-refractivity contribution is 5.59. The summed E-state index contributed by atoms with van der Waals surface area (Å²) in [6.07, 6.45) is 1.00. The molecule has 4 rings (SSSR count). The summed E-state index contributed by atoms with van der Waals surface area (Å²) in [5.74, 6) is 3.20. The fourth-order valence-electron chi connectivity index (χ4n) is 3.83. The first-order valence-corrected chi connectivity index (χ1v) is 9.51. The number of para-hydroxylation sites is 1. The fraction of sp³-hybridized carbons (Fsp3) is 0.364. The van der Waals surface area contributed by atoms with Gasteiger partial charge in [-0.25, -0.2) is 0 Å². The SMILES string of the molecule is COc1cccc(CN2CCC(c3nc(-c4ccccc4C)no3)C2)c1OC. The van der Waals surface area contributed by atoms with Crippen molar-refractivity contribution >= 4 is 0 Å². The molecule has 28 heavy (non-hydrogen) atoms. The van der Waals surface area contributed by atoms with Crippen LogP contribution in [0.4, 0.5) is 0 Å². The summed E-state index contributed by atoms with van der Waals surface area (Å²) in [5.41, 5.74) is 3.29. The van der Waals surface area contributed by atoms with Crippen LogP contribution in [-0.2, 0) is 6.54 Å². The fourth-order valence-corrected chi connectivity index (χ4v) is 3.83. The molecule has 2 aromatic carbocycles. The predicted molar refractivity (Wildman–Crippen MR) is 107 cm³/mol. The van der Waals surface area contributed by atoms with Gasteiger partial charge >= 0.3 is 0 Å². The zero-order chi connectivity index (χ0) is 19.5. The Morgan fingerprint density at radius 2 is 1.96 bits per heavy atom. The molecule has 0 aliphatic carbocycles. The van der Waals surface area contributed by atoms with E-state index in [0.717, 1.165) is 60.1 Å². The maximum absolute atomic E-state index is 5.61. The highest BCUT2D eigenvalue weighted by Crippen LogP contribution is 2.34. The molecule has 1 aromatic heterocycles. The Labute approximate surface area is 165 Å². The Bertz CT molecular complexity index is 954. The Hall–Kier alpha value is -2.86. The molecular formula is C22H25N3O3. The lowest BCUT2D eigenvalue weighted by Crippen LogP contribution is -2.20. The van der Waals surface area contributed by atoms with Crippen molar-refractivity contribution in [2.24, 2.45) is 0 Å². The number of hydrogen-bond donors (Lipinski definition) is 0. The zero-order valence-electron chi connectivity index (χ0n) is 16.5. The monoisotopic (exact) mass is 379 g/mol. The lowest BCUT2D eigenvalue weighted by atomic mass is 10.1. The highest BCUT2D eigenvalue weighted by atomic mass is 16.5.